The minimum absolute atomic E-state index is 0.230. The molecule has 1 heterocycles. The molecule has 0 aromatic heterocycles. The lowest BCUT2D eigenvalue weighted by atomic mass is 10.1. The predicted octanol–water partition coefficient (Wildman–Crippen LogP) is 0.383. The summed E-state index contributed by atoms with van der Waals surface area (Å²) in [5.41, 5.74) is 0. The molecule has 1 aliphatic rings. The van der Waals surface area contributed by atoms with Crippen molar-refractivity contribution in [2.75, 3.05) is 26.3 Å². The molecule has 0 radical (unpaired) electrons. The van der Waals surface area contributed by atoms with E-state index in [0.717, 1.165) is 26.1 Å². The lowest BCUT2D eigenvalue weighted by molar-refractivity contribution is 0.0716. The Kier molecular flexibility index (Phi) is 4.58. The van der Waals surface area contributed by atoms with Gasteiger partial charge in [-0.25, -0.2) is 0 Å². The summed E-state index contributed by atoms with van der Waals surface area (Å²) >= 11 is 0. The highest BCUT2D eigenvalue weighted by Gasteiger charge is 2.13. The topological polar surface area (TPSA) is 41.5 Å². The van der Waals surface area contributed by atoms with Crippen molar-refractivity contribution in [1.82, 2.24) is 5.32 Å². The number of nitrogens with one attached hydrogen (secondary N) is 1. The van der Waals surface area contributed by atoms with E-state index in [1.807, 2.05) is 0 Å². The molecule has 1 saturated heterocycles. The van der Waals surface area contributed by atoms with Gasteiger partial charge < -0.3 is 15.2 Å². The van der Waals surface area contributed by atoms with Crippen molar-refractivity contribution in [3.8, 4) is 0 Å². The zero-order chi connectivity index (χ0) is 8.81. The number of aliphatic hydroxyl groups is 1. The Morgan fingerprint density at radius 2 is 2.50 bits per heavy atom. The van der Waals surface area contributed by atoms with Crippen molar-refractivity contribution in [3.63, 3.8) is 0 Å². The SMILES string of the molecule is CC(O)CCOCC1CCNC1. The molecule has 3 nitrogen and oxygen atoms in total. The van der Waals surface area contributed by atoms with Crippen LogP contribution in [0.4, 0.5) is 0 Å². The Morgan fingerprint density at radius 1 is 1.67 bits per heavy atom. The van der Waals surface area contributed by atoms with Gasteiger partial charge in [-0.3, -0.25) is 0 Å². The second kappa shape index (κ2) is 5.51. The van der Waals surface area contributed by atoms with E-state index in [4.69, 9.17) is 9.84 Å². The summed E-state index contributed by atoms with van der Waals surface area (Å²) in [5.74, 6) is 0.694. The second-order valence-electron chi connectivity index (χ2n) is 3.57. The van der Waals surface area contributed by atoms with Crippen LogP contribution in [0.3, 0.4) is 0 Å². The molecule has 2 atom stereocenters. The first-order valence-corrected chi connectivity index (χ1v) is 4.75. The first-order chi connectivity index (χ1) is 5.79. The van der Waals surface area contributed by atoms with E-state index in [1.54, 1.807) is 6.92 Å². The molecular formula is C9H19NO2. The van der Waals surface area contributed by atoms with Crippen molar-refractivity contribution in [2.24, 2.45) is 5.92 Å². The summed E-state index contributed by atoms with van der Waals surface area (Å²) in [4.78, 5) is 0. The summed E-state index contributed by atoms with van der Waals surface area (Å²) in [7, 11) is 0. The minimum Gasteiger partial charge on any atom is -0.393 e. The largest absolute Gasteiger partial charge is 0.393 e. The van der Waals surface area contributed by atoms with Gasteiger partial charge >= 0.3 is 0 Å². The molecule has 0 aliphatic carbocycles. The van der Waals surface area contributed by atoms with E-state index in [2.05, 4.69) is 5.32 Å². The van der Waals surface area contributed by atoms with Crippen LogP contribution < -0.4 is 5.32 Å². The standard InChI is InChI=1S/C9H19NO2/c1-8(11)3-5-12-7-9-2-4-10-6-9/h8-11H,2-7H2,1H3. The Morgan fingerprint density at radius 3 is 3.08 bits per heavy atom. The van der Waals surface area contributed by atoms with Crippen LogP contribution in [0.5, 0.6) is 0 Å². The molecule has 12 heavy (non-hydrogen) atoms. The fourth-order valence-electron chi connectivity index (χ4n) is 1.36. The van der Waals surface area contributed by atoms with Gasteiger partial charge in [-0.05, 0) is 32.2 Å². The highest BCUT2D eigenvalue weighted by atomic mass is 16.5. The molecule has 3 heteroatoms. The first-order valence-electron chi connectivity index (χ1n) is 4.75. The molecule has 0 saturated carbocycles. The summed E-state index contributed by atoms with van der Waals surface area (Å²) in [6.07, 6.45) is 1.75. The number of aliphatic hydroxyl groups excluding tert-OH is 1. The van der Waals surface area contributed by atoms with E-state index < -0.39 is 0 Å². The minimum atomic E-state index is -0.230. The number of ether oxygens (including phenoxy) is 1. The summed E-state index contributed by atoms with van der Waals surface area (Å²) in [5, 5.41) is 12.2. The Balaban J connectivity index is 1.88. The van der Waals surface area contributed by atoms with Crippen molar-refractivity contribution < 1.29 is 9.84 Å². The zero-order valence-electron chi connectivity index (χ0n) is 7.75. The van der Waals surface area contributed by atoms with Gasteiger partial charge in [0.15, 0.2) is 0 Å². The van der Waals surface area contributed by atoms with Crippen LogP contribution in [-0.4, -0.2) is 37.5 Å². The van der Waals surface area contributed by atoms with E-state index >= 15 is 0 Å². The third-order valence-corrected chi connectivity index (χ3v) is 2.20. The molecule has 0 aromatic rings. The fraction of sp³-hybridized carbons (Fsp3) is 1.00. The van der Waals surface area contributed by atoms with Gasteiger partial charge in [0, 0.05) is 13.2 Å². The molecular weight excluding hydrogens is 154 g/mol. The molecule has 1 rings (SSSR count). The summed E-state index contributed by atoms with van der Waals surface area (Å²) < 4.78 is 5.43. The van der Waals surface area contributed by atoms with E-state index in [-0.39, 0.29) is 6.10 Å². The summed E-state index contributed by atoms with van der Waals surface area (Å²) in [6, 6.07) is 0. The van der Waals surface area contributed by atoms with E-state index in [0.29, 0.717) is 12.5 Å². The molecule has 0 bridgehead atoms. The monoisotopic (exact) mass is 173 g/mol. The van der Waals surface area contributed by atoms with Gasteiger partial charge in [0.2, 0.25) is 0 Å². The molecule has 0 amide bonds. The number of hydrogen-bond donors (Lipinski definition) is 2. The molecule has 2 N–H and O–H groups in total. The highest BCUT2D eigenvalue weighted by Crippen LogP contribution is 2.07. The third kappa shape index (κ3) is 4.04. The zero-order valence-corrected chi connectivity index (χ0v) is 7.75. The smallest absolute Gasteiger partial charge is 0.0534 e. The third-order valence-electron chi connectivity index (χ3n) is 2.20. The van der Waals surface area contributed by atoms with Crippen molar-refractivity contribution >= 4 is 0 Å². The average Bonchev–Trinajstić information content (AvgIpc) is 2.49. The lowest BCUT2D eigenvalue weighted by Crippen LogP contribution is -2.15. The van der Waals surface area contributed by atoms with Gasteiger partial charge in [-0.15, -0.1) is 0 Å². The maximum absolute atomic E-state index is 8.95. The van der Waals surface area contributed by atoms with Crippen LogP contribution in [0.15, 0.2) is 0 Å². The quantitative estimate of drug-likeness (QED) is 0.591. The van der Waals surface area contributed by atoms with Crippen LogP contribution in [0.2, 0.25) is 0 Å². The number of rotatable bonds is 5. The fourth-order valence-corrected chi connectivity index (χ4v) is 1.36. The van der Waals surface area contributed by atoms with E-state index in [1.165, 1.54) is 6.42 Å². The van der Waals surface area contributed by atoms with Crippen molar-refractivity contribution in [1.29, 1.82) is 0 Å². The van der Waals surface area contributed by atoms with E-state index in [9.17, 15) is 0 Å². The Hall–Kier alpha value is -0.120. The molecule has 72 valence electrons. The highest BCUT2D eigenvalue weighted by molar-refractivity contribution is 4.70. The maximum atomic E-state index is 8.95. The van der Waals surface area contributed by atoms with Gasteiger partial charge in [0.1, 0.15) is 0 Å². The molecule has 0 aromatic carbocycles. The van der Waals surface area contributed by atoms with Crippen LogP contribution >= 0.6 is 0 Å². The van der Waals surface area contributed by atoms with Gasteiger partial charge in [0.25, 0.3) is 0 Å². The van der Waals surface area contributed by atoms with Crippen molar-refractivity contribution in [3.05, 3.63) is 0 Å². The Labute approximate surface area is 74.1 Å². The Bertz CT molecular complexity index is 111. The first kappa shape index (κ1) is 9.96. The van der Waals surface area contributed by atoms with Crippen molar-refractivity contribution in [2.45, 2.75) is 25.9 Å². The second-order valence-corrected chi connectivity index (χ2v) is 3.57. The molecule has 0 spiro atoms. The van der Waals surface area contributed by atoms with Crippen LogP contribution in [0.1, 0.15) is 19.8 Å². The molecule has 1 fully saturated rings. The van der Waals surface area contributed by atoms with Crippen LogP contribution in [0, 0.1) is 5.92 Å². The summed E-state index contributed by atoms with van der Waals surface area (Å²) in [6.45, 7) is 5.55. The maximum Gasteiger partial charge on any atom is 0.0534 e. The van der Waals surface area contributed by atoms with Gasteiger partial charge in [-0.1, -0.05) is 0 Å². The normalized spacial score (nSPS) is 26.0. The van der Waals surface area contributed by atoms with Gasteiger partial charge in [0.05, 0.1) is 12.7 Å². The number of hydrogen-bond acceptors (Lipinski definition) is 3. The average molecular weight is 173 g/mol. The molecule has 1 aliphatic heterocycles. The van der Waals surface area contributed by atoms with Crippen LogP contribution in [-0.2, 0) is 4.74 Å². The lowest BCUT2D eigenvalue weighted by Gasteiger charge is -2.09. The predicted molar refractivity (Wildman–Crippen MR) is 48.1 cm³/mol. The van der Waals surface area contributed by atoms with Crippen LogP contribution in [0.25, 0.3) is 0 Å². The molecule has 2 unspecified atom stereocenters. The van der Waals surface area contributed by atoms with Gasteiger partial charge in [-0.2, -0.15) is 0 Å².